The SMILES string of the molecule is Cc1ccc(S(=O)(=O)NCCNC(=O)c2cnn(C)c2-n2c(C)ccc2C)cc1. The van der Waals surface area contributed by atoms with E-state index in [1.54, 1.807) is 36.0 Å². The lowest BCUT2D eigenvalue weighted by atomic mass is 10.2. The monoisotopic (exact) mass is 415 g/mol. The molecule has 0 saturated carbocycles. The molecule has 9 heteroatoms. The molecule has 3 rings (SSSR count). The fraction of sp³-hybridized carbons (Fsp3) is 0.300. The van der Waals surface area contributed by atoms with Gasteiger partial charge >= 0.3 is 0 Å². The molecule has 0 aliphatic heterocycles. The minimum atomic E-state index is -3.61. The smallest absolute Gasteiger partial charge is 0.256 e. The van der Waals surface area contributed by atoms with Gasteiger partial charge in [-0.3, -0.25) is 9.48 Å². The van der Waals surface area contributed by atoms with E-state index in [-0.39, 0.29) is 23.9 Å². The van der Waals surface area contributed by atoms with E-state index in [1.807, 2.05) is 37.5 Å². The second-order valence-corrected chi connectivity index (χ2v) is 8.69. The zero-order valence-electron chi connectivity index (χ0n) is 16.9. The summed E-state index contributed by atoms with van der Waals surface area (Å²) in [5, 5.41) is 6.97. The van der Waals surface area contributed by atoms with E-state index in [0.717, 1.165) is 17.0 Å². The maximum Gasteiger partial charge on any atom is 0.256 e. The number of sulfonamides is 1. The summed E-state index contributed by atoms with van der Waals surface area (Å²) in [5.41, 5.74) is 3.39. The Bertz CT molecular complexity index is 1110. The highest BCUT2D eigenvalue weighted by Gasteiger charge is 2.20. The maximum absolute atomic E-state index is 12.7. The summed E-state index contributed by atoms with van der Waals surface area (Å²) in [7, 11) is -1.83. The molecular weight excluding hydrogens is 390 g/mol. The lowest BCUT2D eigenvalue weighted by molar-refractivity contribution is 0.0954. The third kappa shape index (κ3) is 4.41. The first kappa shape index (κ1) is 20.8. The fourth-order valence-corrected chi connectivity index (χ4v) is 4.15. The van der Waals surface area contributed by atoms with Gasteiger partial charge in [0, 0.05) is 31.5 Å². The summed E-state index contributed by atoms with van der Waals surface area (Å²) in [6.45, 7) is 6.05. The first-order valence-corrected chi connectivity index (χ1v) is 10.7. The summed E-state index contributed by atoms with van der Waals surface area (Å²) >= 11 is 0. The number of aromatic nitrogens is 3. The summed E-state index contributed by atoms with van der Waals surface area (Å²) in [5.74, 6) is 0.359. The third-order valence-corrected chi connectivity index (χ3v) is 6.15. The van der Waals surface area contributed by atoms with Crippen molar-refractivity contribution in [3.05, 3.63) is 65.1 Å². The van der Waals surface area contributed by atoms with Crippen LogP contribution in [-0.4, -0.2) is 41.8 Å². The van der Waals surface area contributed by atoms with Gasteiger partial charge in [0.05, 0.1) is 11.1 Å². The van der Waals surface area contributed by atoms with Crippen molar-refractivity contribution in [2.75, 3.05) is 13.1 Å². The van der Waals surface area contributed by atoms with Crippen LogP contribution in [0.3, 0.4) is 0 Å². The summed E-state index contributed by atoms with van der Waals surface area (Å²) < 4.78 is 30.7. The number of carbonyl (C=O) groups excluding carboxylic acids is 1. The van der Waals surface area contributed by atoms with E-state index in [9.17, 15) is 13.2 Å². The molecule has 154 valence electrons. The molecule has 0 fully saturated rings. The largest absolute Gasteiger partial charge is 0.351 e. The van der Waals surface area contributed by atoms with Crippen molar-refractivity contribution in [1.82, 2.24) is 24.4 Å². The highest BCUT2D eigenvalue weighted by atomic mass is 32.2. The van der Waals surface area contributed by atoms with Gasteiger partial charge in [0.15, 0.2) is 0 Å². The molecule has 2 aromatic heterocycles. The van der Waals surface area contributed by atoms with Crippen LogP contribution in [0, 0.1) is 20.8 Å². The van der Waals surface area contributed by atoms with Crippen LogP contribution in [0.15, 0.2) is 47.5 Å². The number of aryl methyl sites for hydroxylation is 4. The number of nitrogens with zero attached hydrogens (tertiary/aromatic N) is 3. The number of nitrogens with one attached hydrogen (secondary N) is 2. The van der Waals surface area contributed by atoms with E-state index < -0.39 is 10.0 Å². The number of rotatable bonds is 7. The number of amides is 1. The Hall–Kier alpha value is -2.91. The van der Waals surface area contributed by atoms with Gasteiger partial charge in [0.2, 0.25) is 10.0 Å². The predicted molar refractivity (Wildman–Crippen MR) is 111 cm³/mol. The minimum absolute atomic E-state index is 0.0825. The summed E-state index contributed by atoms with van der Waals surface area (Å²) in [4.78, 5) is 12.9. The second kappa shape index (κ2) is 8.22. The molecule has 1 aromatic carbocycles. The van der Waals surface area contributed by atoms with Crippen molar-refractivity contribution in [2.45, 2.75) is 25.7 Å². The van der Waals surface area contributed by atoms with Crippen molar-refractivity contribution in [3.63, 3.8) is 0 Å². The predicted octanol–water partition coefficient (Wildman–Crippen LogP) is 1.84. The van der Waals surface area contributed by atoms with Crippen LogP contribution in [-0.2, 0) is 17.1 Å². The molecule has 8 nitrogen and oxygen atoms in total. The highest BCUT2D eigenvalue weighted by Crippen LogP contribution is 2.19. The zero-order chi connectivity index (χ0) is 21.2. The second-order valence-electron chi connectivity index (χ2n) is 6.92. The molecule has 0 aliphatic rings. The number of hydrogen-bond acceptors (Lipinski definition) is 4. The van der Waals surface area contributed by atoms with E-state index in [4.69, 9.17) is 0 Å². The van der Waals surface area contributed by atoms with Crippen molar-refractivity contribution >= 4 is 15.9 Å². The molecule has 0 unspecified atom stereocenters. The van der Waals surface area contributed by atoms with Crippen LogP contribution in [0.2, 0.25) is 0 Å². The quantitative estimate of drug-likeness (QED) is 0.576. The van der Waals surface area contributed by atoms with E-state index >= 15 is 0 Å². The Morgan fingerprint density at radius 1 is 1.00 bits per heavy atom. The molecule has 0 saturated heterocycles. The Labute approximate surface area is 170 Å². The molecule has 0 aliphatic carbocycles. The minimum Gasteiger partial charge on any atom is -0.351 e. The number of carbonyl (C=O) groups is 1. The fourth-order valence-electron chi connectivity index (χ4n) is 3.12. The van der Waals surface area contributed by atoms with Gasteiger partial charge in [-0.25, -0.2) is 13.1 Å². The summed E-state index contributed by atoms with van der Waals surface area (Å²) in [6, 6.07) is 10.5. The number of benzene rings is 1. The molecule has 0 atom stereocenters. The molecule has 3 aromatic rings. The van der Waals surface area contributed by atoms with Crippen LogP contribution in [0.1, 0.15) is 27.3 Å². The van der Waals surface area contributed by atoms with Crippen LogP contribution in [0.25, 0.3) is 5.82 Å². The first-order valence-electron chi connectivity index (χ1n) is 9.22. The lowest BCUT2D eigenvalue weighted by Crippen LogP contribution is -2.35. The van der Waals surface area contributed by atoms with Gasteiger partial charge in [0.25, 0.3) is 5.91 Å². The molecule has 1 amide bonds. The Morgan fingerprint density at radius 2 is 1.62 bits per heavy atom. The lowest BCUT2D eigenvalue weighted by Gasteiger charge is -2.13. The number of hydrogen-bond donors (Lipinski definition) is 2. The standard InChI is InChI=1S/C20H25N5O3S/c1-14-5-9-17(10-6-14)29(27,28)23-12-11-21-19(26)18-13-22-24(4)20(18)25-15(2)7-8-16(25)3/h5-10,13,23H,11-12H2,1-4H3,(H,21,26). The molecule has 0 radical (unpaired) electrons. The van der Waals surface area contributed by atoms with Crippen LogP contribution < -0.4 is 10.0 Å². The topological polar surface area (TPSA) is 98.0 Å². The van der Waals surface area contributed by atoms with Crippen molar-refractivity contribution < 1.29 is 13.2 Å². The molecular formula is C20H25N5O3S. The van der Waals surface area contributed by atoms with Gasteiger partial charge in [0.1, 0.15) is 11.4 Å². The Morgan fingerprint density at radius 3 is 2.24 bits per heavy atom. The average molecular weight is 416 g/mol. The van der Waals surface area contributed by atoms with Crippen LogP contribution >= 0.6 is 0 Å². The zero-order valence-corrected chi connectivity index (χ0v) is 17.7. The molecule has 0 spiro atoms. The van der Waals surface area contributed by atoms with Gasteiger partial charge < -0.3 is 9.88 Å². The van der Waals surface area contributed by atoms with E-state index in [0.29, 0.717) is 11.4 Å². The Kier molecular flexibility index (Phi) is 5.90. The first-order chi connectivity index (χ1) is 13.7. The van der Waals surface area contributed by atoms with Crippen molar-refractivity contribution in [3.8, 4) is 5.82 Å². The maximum atomic E-state index is 12.7. The van der Waals surface area contributed by atoms with Gasteiger partial charge in [-0.1, -0.05) is 17.7 Å². The molecule has 0 bridgehead atoms. The van der Waals surface area contributed by atoms with Crippen LogP contribution in [0.4, 0.5) is 0 Å². The summed E-state index contributed by atoms with van der Waals surface area (Å²) in [6.07, 6.45) is 1.51. The van der Waals surface area contributed by atoms with Crippen LogP contribution in [0.5, 0.6) is 0 Å². The molecule has 2 N–H and O–H groups in total. The van der Waals surface area contributed by atoms with Gasteiger partial charge in [-0.05, 0) is 45.0 Å². The van der Waals surface area contributed by atoms with Gasteiger partial charge in [-0.15, -0.1) is 0 Å². The molecule has 29 heavy (non-hydrogen) atoms. The molecule has 2 heterocycles. The van der Waals surface area contributed by atoms with Gasteiger partial charge in [-0.2, -0.15) is 5.10 Å². The van der Waals surface area contributed by atoms with Crippen molar-refractivity contribution in [1.29, 1.82) is 0 Å². The normalized spacial score (nSPS) is 11.6. The van der Waals surface area contributed by atoms with Crippen molar-refractivity contribution in [2.24, 2.45) is 7.05 Å². The van der Waals surface area contributed by atoms with E-state index in [2.05, 4.69) is 15.1 Å². The highest BCUT2D eigenvalue weighted by molar-refractivity contribution is 7.89. The Balaban J connectivity index is 1.65. The average Bonchev–Trinajstić information content (AvgIpc) is 3.20. The third-order valence-electron chi connectivity index (χ3n) is 4.67. The van der Waals surface area contributed by atoms with E-state index in [1.165, 1.54) is 6.20 Å².